The van der Waals surface area contributed by atoms with Crippen molar-refractivity contribution in [2.45, 2.75) is 44.1 Å². The number of sulfone groups is 1. The van der Waals surface area contributed by atoms with E-state index in [1.807, 2.05) is 41.8 Å². The highest BCUT2D eigenvalue weighted by atomic mass is 35.5. The van der Waals surface area contributed by atoms with Crippen LogP contribution in [-0.2, 0) is 28.3 Å². The molecule has 0 aliphatic heterocycles. The van der Waals surface area contributed by atoms with Gasteiger partial charge in [0.2, 0.25) is 0 Å². The SMILES string of the molecule is Cc1ccc(Cc2nc(C(C)(C)O)cn2-c2ccc(-c3cc(F)c(CCO)c(S(C)(=O)=O)c3)cc2)c(Cl)c1. The predicted molar refractivity (Wildman–Crippen MR) is 147 cm³/mol. The monoisotopic (exact) mass is 556 g/mol. The molecular weight excluding hydrogens is 527 g/mol. The zero-order valence-electron chi connectivity index (χ0n) is 21.7. The minimum Gasteiger partial charge on any atom is -0.396 e. The highest BCUT2D eigenvalue weighted by molar-refractivity contribution is 7.90. The fourth-order valence-electron chi connectivity index (χ4n) is 4.31. The van der Waals surface area contributed by atoms with Crippen LogP contribution in [0.3, 0.4) is 0 Å². The lowest BCUT2D eigenvalue weighted by Gasteiger charge is -2.13. The number of aliphatic hydroxyl groups is 2. The zero-order valence-corrected chi connectivity index (χ0v) is 23.2. The lowest BCUT2D eigenvalue weighted by Crippen LogP contribution is -2.15. The van der Waals surface area contributed by atoms with Crippen LogP contribution < -0.4 is 0 Å². The average Bonchev–Trinajstić information content (AvgIpc) is 3.26. The second-order valence-electron chi connectivity index (χ2n) is 9.97. The molecule has 0 spiro atoms. The van der Waals surface area contributed by atoms with Gasteiger partial charge >= 0.3 is 0 Å². The van der Waals surface area contributed by atoms with Gasteiger partial charge in [0.1, 0.15) is 17.2 Å². The van der Waals surface area contributed by atoms with Crippen molar-refractivity contribution in [1.82, 2.24) is 9.55 Å². The quantitative estimate of drug-likeness (QED) is 0.303. The molecule has 4 aromatic rings. The molecule has 1 aromatic heterocycles. The maximum absolute atomic E-state index is 14.9. The number of nitrogens with zero attached hydrogens (tertiary/aromatic N) is 2. The predicted octanol–water partition coefficient (Wildman–Crippen LogP) is 5.40. The number of benzene rings is 3. The zero-order chi connectivity index (χ0) is 27.8. The van der Waals surface area contributed by atoms with E-state index in [9.17, 15) is 23.0 Å². The van der Waals surface area contributed by atoms with Gasteiger partial charge in [-0.05, 0) is 79.8 Å². The molecule has 1 heterocycles. The first-order valence-corrected chi connectivity index (χ1v) is 14.3. The van der Waals surface area contributed by atoms with Crippen LogP contribution in [-0.4, -0.2) is 41.0 Å². The number of aliphatic hydroxyl groups excluding tert-OH is 1. The summed E-state index contributed by atoms with van der Waals surface area (Å²) in [5.41, 5.74) is 3.06. The molecular formula is C29H30ClFN2O4S. The van der Waals surface area contributed by atoms with Gasteiger partial charge in [0, 0.05) is 41.8 Å². The van der Waals surface area contributed by atoms with Gasteiger partial charge in [0.05, 0.1) is 10.6 Å². The second-order valence-corrected chi connectivity index (χ2v) is 12.4. The normalized spacial score (nSPS) is 12.2. The molecule has 6 nitrogen and oxygen atoms in total. The van der Waals surface area contributed by atoms with Crippen LogP contribution >= 0.6 is 11.6 Å². The smallest absolute Gasteiger partial charge is 0.175 e. The number of hydrogen-bond donors (Lipinski definition) is 2. The Morgan fingerprint density at radius 3 is 2.32 bits per heavy atom. The Bertz CT molecular complexity index is 1590. The second kappa shape index (κ2) is 10.6. The fraction of sp³-hybridized carbons (Fsp3) is 0.276. The van der Waals surface area contributed by atoms with Crippen molar-refractivity contribution in [3.8, 4) is 16.8 Å². The van der Waals surface area contributed by atoms with Crippen LogP contribution in [0.15, 0.2) is 65.7 Å². The van der Waals surface area contributed by atoms with Crippen LogP contribution in [0.25, 0.3) is 16.8 Å². The lowest BCUT2D eigenvalue weighted by molar-refractivity contribution is 0.0741. The van der Waals surface area contributed by atoms with E-state index in [2.05, 4.69) is 0 Å². The molecule has 4 rings (SSSR count). The summed E-state index contributed by atoms with van der Waals surface area (Å²) in [6.07, 6.45) is 3.14. The topological polar surface area (TPSA) is 92.4 Å². The van der Waals surface area contributed by atoms with Crippen molar-refractivity contribution in [1.29, 1.82) is 0 Å². The van der Waals surface area contributed by atoms with Crippen molar-refractivity contribution in [2.75, 3.05) is 12.9 Å². The first-order chi connectivity index (χ1) is 17.8. The Morgan fingerprint density at radius 1 is 1.05 bits per heavy atom. The highest BCUT2D eigenvalue weighted by Gasteiger charge is 2.23. The van der Waals surface area contributed by atoms with Gasteiger partial charge in [0.15, 0.2) is 9.84 Å². The minimum absolute atomic E-state index is 0.0210. The largest absolute Gasteiger partial charge is 0.396 e. The minimum atomic E-state index is -3.71. The van der Waals surface area contributed by atoms with Gasteiger partial charge in [-0.3, -0.25) is 0 Å². The molecule has 0 unspecified atom stereocenters. The Labute approximate surface area is 227 Å². The Balaban J connectivity index is 1.76. The third-order valence-electron chi connectivity index (χ3n) is 6.36. The highest BCUT2D eigenvalue weighted by Crippen LogP contribution is 2.30. The van der Waals surface area contributed by atoms with E-state index >= 15 is 0 Å². The molecule has 9 heteroatoms. The molecule has 0 amide bonds. The Morgan fingerprint density at radius 2 is 1.74 bits per heavy atom. The van der Waals surface area contributed by atoms with Gasteiger partial charge in [-0.2, -0.15) is 0 Å². The number of rotatable bonds is 8. The molecule has 0 fully saturated rings. The molecule has 0 atom stereocenters. The summed E-state index contributed by atoms with van der Waals surface area (Å²) in [7, 11) is -3.71. The molecule has 200 valence electrons. The molecule has 3 aromatic carbocycles. The van der Waals surface area contributed by atoms with E-state index in [0.717, 1.165) is 23.1 Å². The molecule has 0 aliphatic rings. The summed E-state index contributed by atoms with van der Waals surface area (Å²) in [6, 6.07) is 15.7. The van der Waals surface area contributed by atoms with Crippen molar-refractivity contribution in [3.63, 3.8) is 0 Å². The first-order valence-electron chi connectivity index (χ1n) is 12.1. The summed E-state index contributed by atoms with van der Waals surface area (Å²) in [4.78, 5) is 4.56. The summed E-state index contributed by atoms with van der Waals surface area (Å²) in [5, 5.41) is 20.5. The number of imidazole rings is 1. The fourth-order valence-corrected chi connectivity index (χ4v) is 5.60. The van der Waals surface area contributed by atoms with Gasteiger partial charge in [-0.15, -0.1) is 0 Å². The summed E-state index contributed by atoms with van der Waals surface area (Å²) >= 11 is 6.48. The van der Waals surface area contributed by atoms with Crippen LogP contribution in [0.5, 0.6) is 0 Å². The molecule has 0 bridgehead atoms. The third kappa shape index (κ3) is 5.99. The Hall–Kier alpha value is -3.04. The molecule has 38 heavy (non-hydrogen) atoms. The van der Waals surface area contributed by atoms with Crippen molar-refractivity contribution >= 4 is 21.4 Å². The summed E-state index contributed by atoms with van der Waals surface area (Å²) < 4.78 is 41.4. The molecule has 0 radical (unpaired) electrons. The average molecular weight is 557 g/mol. The summed E-state index contributed by atoms with van der Waals surface area (Å²) in [5.74, 6) is 0.00198. The lowest BCUT2D eigenvalue weighted by atomic mass is 10.0. The molecule has 2 N–H and O–H groups in total. The number of aryl methyl sites for hydroxylation is 1. The van der Waals surface area contributed by atoms with Gasteiger partial charge in [-0.25, -0.2) is 17.8 Å². The van der Waals surface area contributed by atoms with Crippen LogP contribution in [0.2, 0.25) is 5.02 Å². The Kier molecular flexibility index (Phi) is 7.81. The van der Waals surface area contributed by atoms with Gasteiger partial charge < -0.3 is 14.8 Å². The van der Waals surface area contributed by atoms with E-state index in [1.165, 1.54) is 12.1 Å². The standard InChI is InChI=1S/C29H30ClFN2O4S/c1-18-5-6-20(24(30)13-18)16-28-32-27(29(2,3)35)17-33(28)22-9-7-19(8-10-22)21-14-25(31)23(11-12-34)26(15-21)38(4,36)37/h5-10,13-15,17,34-35H,11-12,16H2,1-4H3. The maximum Gasteiger partial charge on any atom is 0.175 e. The number of hydrogen-bond acceptors (Lipinski definition) is 5. The van der Waals surface area contributed by atoms with Crippen LogP contribution in [0.1, 0.15) is 42.1 Å². The van der Waals surface area contributed by atoms with E-state index in [1.54, 1.807) is 32.2 Å². The third-order valence-corrected chi connectivity index (χ3v) is 7.87. The van der Waals surface area contributed by atoms with Crippen LogP contribution in [0, 0.1) is 12.7 Å². The molecule has 0 saturated heterocycles. The van der Waals surface area contributed by atoms with Crippen molar-refractivity contribution < 1.29 is 23.0 Å². The van der Waals surface area contributed by atoms with Crippen molar-refractivity contribution in [3.05, 3.63) is 99.8 Å². The van der Waals surface area contributed by atoms with Gasteiger partial charge in [-0.1, -0.05) is 35.9 Å². The molecule has 0 aliphatic carbocycles. The summed E-state index contributed by atoms with van der Waals surface area (Å²) in [6.45, 7) is 4.94. The number of halogens is 2. The first kappa shape index (κ1) is 28.0. The van der Waals surface area contributed by atoms with E-state index in [-0.39, 0.29) is 23.5 Å². The van der Waals surface area contributed by atoms with Gasteiger partial charge in [0.25, 0.3) is 0 Å². The van der Waals surface area contributed by atoms with Crippen LogP contribution in [0.4, 0.5) is 4.39 Å². The van der Waals surface area contributed by atoms with E-state index < -0.39 is 21.3 Å². The van der Waals surface area contributed by atoms with Crippen molar-refractivity contribution in [2.24, 2.45) is 0 Å². The molecule has 0 saturated carbocycles. The number of aromatic nitrogens is 2. The van der Waals surface area contributed by atoms with E-state index in [0.29, 0.717) is 34.1 Å². The maximum atomic E-state index is 14.9. The van der Waals surface area contributed by atoms with E-state index in [4.69, 9.17) is 16.6 Å².